The lowest BCUT2D eigenvalue weighted by molar-refractivity contribution is -0.384. The fourth-order valence-corrected chi connectivity index (χ4v) is 3.70. The Bertz CT molecular complexity index is 1130. The number of aryl methyl sites for hydroxylation is 1. The fourth-order valence-electron chi connectivity index (χ4n) is 2.95. The van der Waals surface area contributed by atoms with Crippen LogP contribution in [0.25, 0.3) is 10.6 Å². The van der Waals surface area contributed by atoms with E-state index in [4.69, 9.17) is 0 Å². The largest absolute Gasteiger partial charge is 0.326 e. The number of nitro groups is 1. The number of amides is 3. The van der Waals surface area contributed by atoms with Crippen molar-refractivity contribution in [3.8, 4) is 10.6 Å². The zero-order chi connectivity index (χ0) is 24.0. The van der Waals surface area contributed by atoms with Crippen molar-refractivity contribution in [1.82, 2.24) is 15.5 Å². The van der Waals surface area contributed by atoms with Crippen LogP contribution in [0.2, 0.25) is 0 Å². The molecule has 33 heavy (non-hydrogen) atoms. The number of anilines is 2. The van der Waals surface area contributed by atoms with E-state index in [9.17, 15) is 19.7 Å². The first kappa shape index (κ1) is 23.8. The highest BCUT2D eigenvalue weighted by Crippen LogP contribution is 2.27. The third-order valence-corrected chi connectivity index (χ3v) is 5.96. The number of urea groups is 1. The number of nitrogens with one attached hydrogen (secondary N) is 3. The quantitative estimate of drug-likeness (QED) is 0.326. The molecule has 3 rings (SSSR count). The normalized spacial score (nSPS) is 12.5. The summed E-state index contributed by atoms with van der Waals surface area (Å²) in [5.74, 6) is -0.563. The second-order valence-electron chi connectivity index (χ2n) is 7.53. The van der Waals surface area contributed by atoms with Crippen molar-refractivity contribution in [3.63, 3.8) is 0 Å². The van der Waals surface area contributed by atoms with Gasteiger partial charge in [0.15, 0.2) is 0 Å². The van der Waals surface area contributed by atoms with Crippen LogP contribution in [0, 0.1) is 23.0 Å². The van der Waals surface area contributed by atoms with Crippen LogP contribution in [-0.2, 0) is 4.79 Å². The van der Waals surface area contributed by atoms with Crippen molar-refractivity contribution in [2.75, 3.05) is 10.6 Å². The monoisotopic (exact) mass is 468 g/mol. The molecule has 0 aliphatic rings. The van der Waals surface area contributed by atoms with Crippen molar-refractivity contribution in [1.29, 1.82) is 0 Å². The maximum absolute atomic E-state index is 12.9. The van der Waals surface area contributed by atoms with E-state index in [-0.39, 0.29) is 11.6 Å². The van der Waals surface area contributed by atoms with Crippen LogP contribution in [-0.4, -0.2) is 33.1 Å². The van der Waals surface area contributed by atoms with E-state index >= 15 is 0 Å². The minimum Gasteiger partial charge on any atom is -0.326 e. The van der Waals surface area contributed by atoms with E-state index in [1.54, 1.807) is 0 Å². The highest BCUT2D eigenvalue weighted by molar-refractivity contribution is 7.18. The molecular formula is C22H24N6O4S. The van der Waals surface area contributed by atoms with Crippen LogP contribution in [0.4, 0.5) is 21.3 Å². The Hall–Kier alpha value is -3.86. The van der Waals surface area contributed by atoms with Gasteiger partial charge in [0.05, 0.1) is 4.92 Å². The first-order chi connectivity index (χ1) is 15.8. The van der Waals surface area contributed by atoms with Gasteiger partial charge in [-0.05, 0) is 25.0 Å². The minimum absolute atomic E-state index is 0.0834. The standard InChI is InChI=1S/C22H24N6O4S/c1-4-14(3)18(24-21(30)23-16-9-11-17(12-10-16)28(31)32)19(29)25-22-27-26-20(33-22)15-7-5-13(2)6-8-15/h5-12,14,18H,4H2,1-3H3,(H2,23,24,30)(H,25,27,29). The summed E-state index contributed by atoms with van der Waals surface area (Å²) in [5.41, 5.74) is 2.32. The van der Waals surface area contributed by atoms with E-state index in [0.717, 1.165) is 11.1 Å². The van der Waals surface area contributed by atoms with E-state index in [2.05, 4.69) is 26.1 Å². The van der Waals surface area contributed by atoms with Gasteiger partial charge in [-0.1, -0.05) is 61.4 Å². The van der Waals surface area contributed by atoms with Crippen LogP contribution < -0.4 is 16.0 Å². The molecule has 3 amide bonds. The van der Waals surface area contributed by atoms with Gasteiger partial charge in [-0.3, -0.25) is 20.2 Å². The van der Waals surface area contributed by atoms with Gasteiger partial charge in [0.25, 0.3) is 5.69 Å². The second-order valence-corrected chi connectivity index (χ2v) is 8.51. The number of non-ortho nitro benzene ring substituents is 1. The molecule has 0 aliphatic heterocycles. The Morgan fingerprint density at radius 1 is 1.06 bits per heavy atom. The topological polar surface area (TPSA) is 139 Å². The summed E-state index contributed by atoms with van der Waals surface area (Å²) >= 11 is 1.24. The van der Waals surface area contributed by atoms with Gasteiger partial charge in [0.1, 0.15) is 11.0 Å². The summed E-state index contributed by atoms with van der Waals surface area (Å²) in [6, 6.07) is 11.8. The second kappa shape index (κ2) is 10.6. The van der Waals surface area contributed by atoms with E-state index < -0.39 is 22.9 Å². The maximum Gasteiger partial charge on any atom is 0.319 e. The molecule has 3 N–H and O–H groups in total. The van der Waals surface area contributed by atoms with Gasteiger partial charge >= 0.3 is 6.03 Å². The Morgan fingerprint density at radius 2 is 1.73 bits per heavy atom. The zero-order valence-corrected chi connectivity index (χ0v) is 19.2. The molecule has 0 bridgehead atoms. The van der Waals surface area contributed by atoms with Gasteiger partial charge < -0.3 is 10.6 Å². The summed E-state index contributed by atoms with van der Waals surface area (Å²) < 4.78 is 0. The van der Waals surface area contributed by atoms with Crippen molar-refractivity contribution >= 4 is 39.8 Å². The predicted octanol–water partition coefficient (Wildman–Crippen LogP) is 4.60. The molecule has 11 heteroatoms. The first-order valence-electron chi connectivity index (χ1n) is 10.3. The summed E-state index contributed by atoms with van der Waals surface area (Å²) in [6.45, 7) is 5.77. The molecule has 2 atom stereocenters. The van der Waals surface area contributed by atoms with Crippen LogP contribution in [0.3, 0.4) is 0 Å². The molecule has 0 aliphatic carbocycles. The maximum atomic E-state index is 12.9. The Balaban J connectivity index is 1.65. The molecule has 10 nitrogen and oxygen atoms in total. The number of nitrogens with zero attached hydrogens (tertiary/aromatic N) is 3. The van der Waals surface area contributed by atoms with Gasteiger partial charge in [-0.25, -0.2) is 4.79 Å². The Labute approximate surface area is 194 Å². The smallest absolute Gasteiger partial charge is 0.319 e. The number of carbonyl (C=O) groups is 2. The van der Waals surface area contributed by atoms with Crippen LogP contribution >= 0.6 is 11.3 Å². The lowest BCUT2D eigenvalue weighted by Crippen LogP contribution is -2.49. The third kappa shape index (κ3) is 6.32. The summed E-state index contributed by atoms with van der Waals surface area (Å²) in [6.07, 6.45) is 0.653. The minimum atomic E-state index is -0.820. The molecule has 2 aromatic carbocycles. The molecule has 0 spiro atoms. The number of aromatic nitrogens is 2. The van der Waals surface area contributed by atoms with Crippen LogP contribution in [0.15, 0.2) is 48.5 Å². The number of rotatable bonds is 8. The lowest BCUT2D eigenvalue weighted by Gasteiger charge is -2.23. The highest BCUT2D eigenvalue weighted by Gasteiger charge is 2.27. The van der Waals surface area contributed by atoms with Crippen molar-refractivity contribution in [2.45, 2.75) is 33.2 Å². The van der Waals surface area contributed by atoms with Crippen molar-refractivity contribution in [2.24, 2.45) is 5.92 Å². The van der Waals surface area contributed by atoms with E-state index in [0.29, 0.717) is 22.2 Å². The van der Waals surface area contributed by atoms with Crippen molar-refractivity contribution in [3.05, 3.63) is 64.2 Å². The number of nitro benzene ring substituents is 1. The average Bonchev–Trinajstić information content (AvgIpc) is 3.26. The highest BCUT2D eigenvalue weighted by atomic mass is 32.1. The zero-order valence-electron chi connectivity index (χ0n) is 18.4. The predicted molar refractivity (Wildman–Crippen MR) is 127 cm³/mol. The van der Waals surface area contributed by atoms with Crippen LogP contribution in [0.5, 0.6) is 0 Å². The Kier molecular flexibility index (Phi) is 7.67. The summed E-state index contributed by atoms with van der Waals surface area (Å²) in [5, 5.41) is 28.0. The molecule has 0 fully saturated rings. The van der Waals surface area contributed by atoms with E-state index in [1.807, 2.05) is 45.0 Å². The molecule has 2 unspecified atom stereocenters. The molecule has 172 valence electrons. The lowest BCUT2D eigenvalue weighted by atomic mass is 9.98. The number of benzene rings is 2. The first-order valence-corrected chi connectivity index (χ1v) is 11.1. The number of hydrogen-bond acceptors (Lipinski definition) is 7. The Morgan fingerprint density at radius 3 is 2.33 bits per heavy atom. The molecule has 0 saturated heterocycles. The van der Waals surface area contributed by atoms with Crippen LogP contribution in [0.1, 0.15) is 25.8 Å². The number of hydrogen-bond donors (Lipinski definition) is 3. The summed E-state index contributed by atoms with van der Waals surface area (Å²) in [4.78, 5) is 35.6. The molecule has 3 aromatic rings. The summed E-state index contributed by atoms with van der Waals surface area (Å²) in [7, 11) is 0. The van der Waals surface area contributed by atoms with Gasteiger partial charge in [-0.15, -0.1) is 10.2 Å². The molecule has 1 heterocycles. The van der Waals surface area contributed by atoms with Gasteiger partial charge in [-0.2, -0.15) is 0 Å². The SMILES string of the molecule is CCC(C)C(NC(=O)Nc1ccc([N+](=O)[O-])cc1)C(=O)Nc1nnc(-c2ccc(C)cc2)s1. The van der Waals surface area contributed by atoms with Crippen molar-refractivity contribution < 1.29 is 14.5 Å². The molecule has 1 aromatic heterocycles. The molecule has 0 radical (unpaired) electrons. The van der Waals surface area contributed by atoms with E-state index in [1.165, 1.54) is 35.6 Å². The van der Waals surface area contributed by atoms with Gasteiger partial charge in [0.2, 0.25) is 11.0 Å². The molecular weight excluding hydrogens is 444 g/mol. The third-order valence-electron chi connectivity index (χ3n) is 5.07. The molecule has 0 saturated carbocycles. The number of carbonyl (C=O) groups excluding carboxylic acids is 2. The average molecular weight is 469 g/mol. The van der Waals surface area contributed by atoms with Gasteiger partial charge in [0, 0.05) is 23.4 Å². The fraction of sp³-hybridized carbons (Fsp3) is 0.273.